The molecule has 0 fully saturated rings. The molecule has 5 rings (SSSR count). The summed E-state index contributed by atoms with van der Waals surface area (Å²) in [6.45, 7) is 2.05. The van der Waals surface area contributed by atoms with E-state index in [4.69, 9.17) is 8.94 Å². The largest absolute Gasteiger partial charge is 0.413 e. The van der Waals surface area contributed by atoms with Crippen LogP contribution in [0.15, 0.2) is 75.7 Å². The molecule has 0 aliphatic rings. The molecule has 130 valence electrons. The Morgan fingerprint density at radius 2 is 1.59 bits per heavy atom. The molecule has 0 spiro atoms. The van der Waals surface area contributed by atoms with Crippen molar-refractivity contribution in [3.8, 4) is 34.5 Å². The molecular formula is C21H14N4O2. The van der Waals surface area contributed by atoms with Crippen LogP contribution in [0.2, 0.25) is 0 Å². The molecule has 5 aromatic rings. The highest BCUT2D eigenvalue weighted by Crippen LogP contribution is 2.27. The Hall–Kier alpha value is -3.80. The van der Waals surface area contributed by atoms with Crippen molar-refractivity contribution in [2.75, 3.05) is 0 Å². The summed E-state index contributed by atoms with van der Waals surface area (Å²) in [5.74, 6) is 1.28. The first-order valence-electron chi connectivity index (χ1n) is 8.50. The van der Waals surface area contributed by atoms with Crippen molar-refractivity contribution in [1.29, 1.82) is 0 Å². The van der Waals surface area contributed by atoms with Gasteiger partial charge in [0.2, 0.25) is 0 Å². The minimum Gasteiger partial charge on any atom is -0.413 e. The fraction of sp³-hybridized carbons (Fsp3) is 0.0476. The molecule has 3 heterocycles. The summed E-state index contributed by atoms with van der Waals surface area (Å²) in [7, 11) is 0. The molecule has 0 saturated heterocycles. The van der Waals surface area contributed by atoms with Crippen LogP contribution in [0.4, 0.5) is 0 Å². The monoisotopic (exact) mass is 354 g/mol. The van der Waals surface area contributed by atoms with Crippen molar-refractivity contribution in [3.63, 3.8) is 0 Å². The lowest BCUT2D eigenvalue weighted by atomic mass is 10.1. The van der Waals surface area contributed by atoms with Crippen molar-refractivity contribution in [2.45, 2.75) is 6.92 Å². The Labute approximate surface area is 154 Å². The third kappa shape index (κ3) is 2.87. The fourth-order valence-electron chi connectivity index (χ4n) is 2.91. The van der Waals surface area contributed by atoms with Crippen LogP contribution in [-0.2, 0) is 0 Å². The van der Waals surface area contributed by atoms with Gasteiger partial charge in [0, 0.05) is 17.0 Å². The van der Waals surface area contributed by atoms with Crippen LogP contribution >= 0.6 is 0 Å². The van der Waals surface area contributed by atoms with Gasteiger partial charge in [-0.05, 0) is 25.1 Å². The molecule has 27 heavy (non-hydrogen) atoms. The smallest absolute Gasteiger partial charge is 0.270 e. The van der Waals surface area contributed by atoms with Gasteiger partial charge in [-0.1, -0.05) is 53.2 Å². The van der Waals surface area contributed by atoms with Crippen molar-refractivity contribution in [3.05, 3.63) is 72.3 Å². The summed E-state index contributed by atoms with van der Waals surface area (Å²) < 4.78 is 11.2. The topological polar surface area (TPSA) is 77.8 Å². The van der Waals surface area contributed by atoms with Crippen LogP contribution in [0.5, 0.6) is 0 Å². The molecule has 0 aliphatic heterocycles. The summed E-state index contributed by atoms with van der Waals surface area (Å²) in [6, 6.07) is 21.5. The molecule has 2 aromatic carbocycles. The lowest BCUT2D eigenvalue weighted by Crippen LogP contribution is -1.86. The Balaban J connectivity index is 1.48. The SMILES string of the molecule is Cc1ccc2nc(-c3nnc(-c4cc(-c5ccccc5)on4)o3)ccc2c1. The molecule has 3 aromatic heterocycles. The maximum Gasteiger partial charge on any atom is 0.270 e. The predicted molar refractivity (Wildman–Crippen MR) is 101 cm³/mol. The molecule has 0 radical (unpaired) electrons. The van der Waals surface area contributed by atoms with Gasteiger partial charge in [0.1, 0.15) is 5.69 Å². The normalized spacial score (nSPS) is 11.1. The summed E-state index contributed by atoms with van der Waals surface area (Å²) in [5, 5.41) is 13.3. The van der Waals surface area contributed by atoms with Crippen LogP contribution in [0.1, 0.15) is 5.56 Å². The lowest BCUT2D eigenvalue weighted by molar-refractivity contribution is 0.431. The van der Waals surface area contributed by atoms with E-state index in [2.05, 4.69) is 33.3 Å². The maximum atomic E-state index is 5.77. The van der Waals surface area contributed by atoms with Crippen molar-refractivity contribution >= 4 is 10.9 Å². The summed E-state index contributed by atoms with van der Waals surface area (Å²) >= 11 is 0. The van der Waals surface area contributed by atoms with Crippen LogP contribution < -0.4 is 0 Å². The average molecular weight is 354 g/mol. The van der Waals surface area contributed by atoms with E-state index < -0.39 is 0 Å². The molecule has 0 unspecified atom stereocenters. The van der Waals surface area contributed by atoms with E-state index in [1.807, 2.05) is 54.6 Å². The molecule has 0 aliphatic carbocycles. The van der Waals surface area contributed by atoms with E-state index in [0.29, 0.717) is 28.9 Å². The number of hydrogen-bond acceptors (Lipinski definition) is 6. The van der Waals surface area contributed by atoms with Gasteiger partial charge < -0.3 is 8.94 Å². The minimum absolute atomic E-state index is 0.293. The first kappa shape index (κ1) is 15.5. The third-order valence-corrected chi connectivity index (χ3v) is 4.28. The summed E-state index contributed by atoms with van der Waals surface area (Å²) in [5.41, 5.74) is 4.12. The van der Waals surface area contributed by atoms with Gasteiger partial charge in [0.15, 0.2) is 11.5 Å². The number of aryl methyl sites for hydroxylation is 1. The van der Waals surface area contributed by atoms with Gasteiger partial charge in [-0.15, -0.1) is 10.2 Å². The van der Waals surface area contributed by atoms with Crippen molar-refractivity contribution in [1.82, 2.24) is 20.3 Å². The van der Waals surface area contributed by atoms with Gasteiger partial charge in [-0.2, -0.15) is 0 Å². The second-order valence-corrected chi connectivity index (χ2v) is 6.25. The minimum atomic E-state index is 0.293. The number of rotatable bonds is 3. The number of aromatic nitrogens is 4. The van der Waals surface area contributed by atoms with E-state index in [1.165, 1.54) is 5.56 Å². The Bertz CT molecular complexity index is 1240. The molecular weight excluding hydrogens is 340 g/mol. The second kappa shape index (κ2) is 6.17. The molecule has 0 atom stereocenters. The molecule has 0 N–H and O–H groups in total. The van der Waals surface area contributed by atoms with Gasteiger partial charge in [-0.25, -0.2) is 4.98 Å². The molecule has 0 saturated carbocycles. The quantitative estimate of drug-likeness (QED) is 0.458. The Morgan fingerprint density at radius 3 is 2.44 bits per heavy atom. The zero-order chi connectivity index (χ0) is 18.2. The van der Waals surface area contributed by atoms with E-state index in [1.54, 1.807) is 6.07 Å². The van der Waals surface area contributed by atoms with Crippen LogP contribution in [-0.4, -0.2) is 20.3 Å². The average Bonchev–Trinajstić information content (AvgIpc) is 3.38. The standard InChI is InChI=1S/C21H14N4O2/c1-13-7-9-16-15(11-13)8-10-17(22-16)20-23-24-21(26-20)18-12-19(27-25-18)14-5-3-2-4-6-14/h2-12H,1H3. The number of fused-ring (bicyclic) bond motifs is 1. The molecule has 0 amide bonds. The van der Waals surface area contributed by atoms with Crippen LogP contribution in [0.3, 0.4) is 0 Å². The van der Waals surface area contributed by atoms with Gasteiger partial charge in [-0.3, -0.25) is 0 Å². The van der Waals surface area contributed by atoms with Gasteiger partial charge >= 0.3 is 0 Å². The molecule has 6 heteroatoms. The lowest BCUT2D eigenvalue weighted by Gasteiger charge is -2.00. The highest BCUT2D eigenvalue weighted by Gasteiger charge is 2.16. The highest BCUT2D eigenvalue weighted by atomic mass is 16.5. The van der Waals surface area contributed by atoms with E-state index in [-0.39, 0.29) is 0 Å². The molecule has 6 nitrogen and oxygen atoms in total. The summed E-state index contributed by atoms with van der Waals surface area (Å²) in [6.07, 6.45) is 0. The Morgan fingerprint density at radius 1 is 0.778 bits per heavy atom. The van der Waals surface area contributed by atoms with E-state index >= 15 is 0 Å². The zero-order valence-electron chi connectivity index (χ0n) is 14.5. The zero-order valence-corrected chi connectivity index (χ0v) is 14.5. The maximum absolute atomic E-state index is 5.77. The number of hydrogen-bond donors (Lipinski definition) is 0. The summed E-state index contributed by atoms with van der Waals surface area (Å²) in [4.78, 5) is 4.61. The van der Waals surface area contributed by atoms with E-state index in [9.17, 15) is 0 Å². The van der Waals surface area contributed by atoms with Crippen molar-refractivity contribution in [2.24, 2.45) is 0 Å². The first-order chi connectivity index (χ1) is 13.3. The number of benzene rings is 2. The molecule has 0 bridgehead atoms. The van der Waals surface area contributed by atoms with Crippen LogP contribution in [0, 0.1) is 6.92 Å². The highest BCUT2D eigenvalue weighted by molar-refractivity contribution is 5.81. The van der Waals surface area contributed by atoms with Crippen LogP contribution in [0.25, 0.3) is 45.4 Å². The first-order valence-corrected chi connectivity index (χ1v) is 8.50. The predicted octanol–water partition coefficient (Wildman–Crippen LogP) is 4.92. The van der Waals surface area contributed by atoms with Gasteiger partial charge in [0.05, 0.1) is 5.52 Å². The fourth-order valence-corrected chi connectivity index (χ4v) is 2.91. The number of nitrogens with zero attached hydrogens (tertiary/aromatic N) is 4. The second-order valence-electron chi connectivity index (χ2n) is 6.25. The Kier molecular flexibility index (Phi) is 3.53. The number of pyridine rings is 1. The third-order valence-electron chi connectivity index (χ3n) is 4.28. The van der Waals surface area contributed by atoms with Crippen molar-refractivity contribution < 1.29 is 8.94 Å². The van der Waals surface area contributed by atoms with Gasteiger partial charge in [0.25, 0.3) is 11.8 Å². The van der Waals surface area contributed by atoms with E-state index in [0.717, 1.165) is 16.5 Å².